The summed E-state index contributed by atoms with van der Waals surface area (Å²) in [6.07, 6.45) is 1.94. The smallest absolute Gasteiger partial charge is 0.231 e. The van der Waals surface area contributed by atoms with Crippen molar-refractivity contribution in [1.82, 2.24) is 19.4 Å². The molecule has 0 amide bonds. The van der Waals surface area contributed by atoms with E-state index < -0.39 is 15.4 Å². The van der Waals surface area contributed by atoms with Crippen molar-refractivity contribution in [1.29, 1.82) is 0 Å². The van der Waals surface area contributed by atoms with Crippen molar-refractivity contribution in [3.05, 3.63) is 59.2 Å². The van der Waals surface area contributed by atoms with Crippen molar-refractivity contribution in [3.63, 3.8) is 0 Å². The number of nitrogens with one attached hydrogen (secondary N) is 1. The molecule has 3 aliphatic rings. The van der Waals surface area contributed by atoms with Gasteiger partial charge in [-0.1, -0.05) is 42.5 Å². The van der Waals surface area contributed by atoms with Crippen molar-refractivity contribution in [2.45, 2.75) is 63.2 Å². The predicted molar refractivity (Wildman–Crippen MR) is 149 cm³/mol. The molecule has 5 atom stereocenters. The fourth-order valence-electron chi connectivity index (χ4n) is 6.54. The molecule has 202 valence electrons. The van der Waals surface area contributed by atoms with Crippen molar-refractivity contribution in [3.8, 4) is 11.1 Å². The van der Waals surface area contributed by atoms with Crippen LogP contribution in [-0.2, 0) is 14.8 Å². The third-order valence-electron chi connectivity index (χ3n) is 9.05. The van der Waals surface area contributed by atoms with Crippen LogP contribution in [0, 0.1) is 13.8 Å². The summed E-state index contributed by atoms with van der Waals surface area (Å²) in [7, 11) is 0.213. The number of aryl methyl sites for hydroxylation is 1. The first-order valence-electron chi connectivity index (χ1n) is 13.6. The highest BCUT2D eigenvalue weighted by atomic mass is 32.2. The molecule has 0 bridgehead atoms. The molecule has 0 radical (unpaired) electrons. The third kappa shape index (κ3) is 4.88. The first-order chi connectivity index (χ1) is 17.7. The van der Waals surface area contributed by atoms with Crippen LogP contribution in [0.3, 0.4) is 0 Å². The van der Waals surface area contributed by atoms with E-state index in [0.717, 1.165) is 19.4 Å². The van der Waals surface area contributed by atoms with Gasteiger partial charge in [0.15, 0.2) is 0 Å². The molecule has 3 heterocycles. The highest BCUT2D eigenvalue weighted by Crippen LogP contribution is 2.43. The van der Waals surface area contributed by atoms with E-state index in [2.05, 4.69) is 66.5 Å². The van der Waals surface area contributed by atoms with Gasteiger partial charge in [-0.05, 0) is 75.0 Å². The Balaban J connectivity index is 1.42. The zero-order valence-electron chi connectivity index (χ0n) is 22.9. The van der Waals surface area contributed by atoms with Gasteiger partial charge >= 0.3 is 0 Å². The van der Waals surface area contributed by atoms with Crippen LogP contribution in [0.5, 0.6) is 0 Å². The Labute approximate surface area is 222 Å². The maximum atomic E-state index is 13.8. The minimum absolute atomic E-state index is 0.0594. The molecule has 5 rings (SSSR count). The molecule has 3 saturated heterocycles. The first kappa shape index (κ1) is 26.8. The second-order valence-corrected chi connectivity index (χ2v) is 13.1. The van der Waals surface area contributed by atoms with Crippen LogP contribution in [0.4, 0.5) is 0 Å². The summed E-state index contributed by atoms with van der Waals surface area (Å²) in [5.41, 5.74) is 6.36. The molecule has 0 saturated carbocycles. The number of fused-ring (bicyclic) bond motifs is 1. The first-order valence-corrected chi connectivity index (χ1v) is 15.1. The van der Waals surface area contributed by atoms with Crippen LogP contribution in [0.1, 0.15) is 42.4 Å². The monoisotopic (exact) mass is 526 g/mol. The molecule has 2 aromatic rings. The summed E-state index contributed by atoms with van der Waals surface area (Å²) < 4.78 is 35.0. The summed E-state index contributed by atoms with van der Waals surface area (Å²) >= 11 is 0. The van der Waals surface area contributed by atoms with Gasteiger partial charge in [0.2, 0.25) is 10.0 Å². The van der Waals surface area contributed by atoms with E-state index in [-0.39, 0.29) is 24.2 Å². The molecule has 37 heavy (non-hydrogen) atoms. The maximum absolute atomic E-state index is 13.8. The molecule has 0 spiro atoms. The van der Waals surface area contributed by atoms with Crippen LogP contribution in [0.25, 0.3) is 11.1 Å². The van der Waals surface area contributed by atoms with Crippen LogP contribution in [-0.4, -0.2) is 93.1 Å². The molecule has 0 aromatic heterocycles. The van der Waals surface area contributed by atoms with Crippen LogP contribution in [0.2, 0.25) is 0 Å². The van der Waals surface area contributed by atoms with Crippen molar-refractivity contribution >= 4 is 10.0 Å². The van der Waals surface area contributed by atoms with Crippen LogP contribution >= 0.6 is 0 Å². The highest BCUT2D eigenvalue weighted by Gasteiger charge is 2.51. The van der Waals surface area contributed by atoms with Gasteiger partial charge in [0, 0.05) is 44.7 Å². The Hall–Kier alpha value is -1.81. The molecule has 8 heteroatoms. The Kier molecular flexibility index (Phi) is 7.78. The molecule has 2 aromatic carbocycles. The van der Waals surface area contributed by atoms with E-state index in [1.807, 2.05) is 18.9 Å². The Morgan fingerprint density at radius 2 is 1.78 bits per heavy atom. The van der Waals surface area contributed by atoms with Gasteiger partial charge < -0.3 is 4.74 Å². The summed E-state index contributed by atoms with van der Waals surface area (Å²) in [5, 5.41) is 2.79. The second kappa shape index (κ2) is 10.8. The summed E-state index contributed by atoms with van der Waals surface area (Å²) in [6, 6.07) is 15.8. The van der Waals surface area contributed by atoms with Crippen LogP contribution < -0.4 is 5.32 Å². The average molecular weight is 527 g/mol. The number of sulfonamides is 1. The number of hydrogen-bond donors (Lipinski definition) is 1. The zero-order valence-corrected chi connectivity index (χ0v) is 23.7. The van der Waals surface area contributed by atoms with Gasteiger partial charge in [0.1, 0.15) is 5.37 Å². The number of benzene rings is 2. The number of methoxy groups -OCH3 is 1. The number of hydrogen-bond acceptors (Lipinski definition) is 6. The molecular weight excluding hydrogens is 484 g/mol. The van der Waals surface area contributed by atoms with Crippen molar-refractivity contribution in [2.75, 3.05) is 46.9 Å². The summed E-state index contributed by atoms with van der Waals surface area (Å²) in [4.78, 5) is 4.44. The van der Waals surface area contributed by atoms with E-state index >= 15 is 0 Å². The Morgan fingerprint density at radius 1 is 1.05 bits per heavy atom. The van der Waals surface area contributed by atoms with Gasteiger partial charge in [0.05, 0.1) is 12.8 Å². The average Bonchev–Trinajstić information content (AvgIpc) is 3.21. The number of rotatable bonds is 6. The van der Waals surface area contributed by atoms with E-state index in [9.17, 15) is 8.42 Å². The standard InChI is InChI=1S/C29H42N4O3S/c1-20-9-8-10-25(21(20)2)23-11-13-24(14-12-23)29-26-18-32(15-6-7-16-33(26)27(29)19-36-5)37(34,35)28-17-30-22(3)31(28)4/h8-14,22,26-30H,6-7,15-19H2,1-5H3/t22?,26?,27-,28?,29+/m1/s1. The Bertz CT molecular complexity index is 1200. The van der Waals surface area contributed by atoms with Crippen molar-refractivity contribution in [2.24, 2.45) is 0 Å². The second-order valence-electron chi connectivity index (χ2n) is 11.0. The topological polar surface area (TPSA) is 65.1 Å². The van der Waals surface area contributed by atoms with E-state index in [1.54, 1.807) is 11.4 Å². The Morgan fingerprint density at radius 3 is 2.46 bits per heavy atom. The third-order valence-corrected chi connectivity index (χ3v) is 11.3. The highest BCUT2D eigenvalue weighted by molar-refractivity contribution is 7.89. The van der Waals surface area contributed by atoms with Gasteiger partial charge in [-0.25, -0.2) is 8.42 Å². The molecule has 3 aliphatic heterocycles. The normalized spacial score (nSPS) is 29.9. The molecule has 3 fully saturated rings. The lowest BCUT2D eigenvalue weighted by atomic mass is 9.74. The zero-order chi connectivity index (χ0) is 26.3. The number of nitrogens with zero attached hydrogens (tertiary/aromatic N) is 3. The summed E-state index contributed by atoms with van der Waals surface area (Å²) in [5.74, 6) is 0.238. The number of likely N-dealkylation sites (N-methyl/N-ethyl adjacent to an activating group) is 1. The lowest BCUT2D eigenvalue weighted by molar-refractivity contribution is -0.0636. The molecule has 0 aliphatic carbocycles. The lowest BCUT2D eigenvalue weighted by Gasteiger charge is -2.57. The fraction of sp³-hybridized carbons (Fsp3) is 0.586. The van der Waals surface area contributed by atoms with Gasteiger partial charge in [-0.15, -0.1) is 0 Å². The molecular formula is C29H42N4O3S. The predicted octanol–water partition coefficient (Wildman–Crippen LogP) is 3.39. The van der Waals surface area contributed by atoms with Crippen molar-refractivity contribution < 1.29 is 13.2 Å². The molecule has 7 nitrogen and oxygen atoms in total. The van der Waals surface area contributed by atoms with E-state index in [0.29, 0.717) is 26.2 Å². The van der Waals surface area contributed by atoms with Gasteiger partial charge in [0.25, 0.3) is 0 Å². The maximum Gasteiger partial charge on any atom is 0.231 e. The van der Waals surface area contributed by atoms with Gasteiger partial charge in [-0.3, -0.25) is 15.1 Å². The molecule has 3 unspecified atom stereocenters. The minimum Gasteiger partial charge on any atom is -0.383 e. The summed E-state index contributed by atoms with van der Waals surface area (Å²) in [6.45, 7) is 9.59. The molecule has 1 N–H and O–H groups in total. The van der Waals surface area contributed by atoms with Gasteiger partial charge in [-0.2, -0.15) is 4.31 Å². The largest absolute Gasteiger partial charge is 0.383 e. The number of ether oxygens (including phenoxy) is 1. The SMILES string of the molecule is COC[C@@H]1[C@@H](c2ccc(-c3cccc(C)c3C)cc2)C2CN(S(=O)(=O)C3CNC(C)N3C)CCCCN21. The van der Waals surface area contributed by atoms with E-state index in [4.69, 9.17) is 4.74 Å². The minimum atomic E-state index is -3.45. The van der Waals surface area contributed by atoms with E-state index in [1.165, 1.54) is 27.8 Å². The quantitative estimate of drug-likeness (QED) is 0.623. The lowest BCUT2D eigenvalue weighted by Crippen LogP contribution is -2.68. The fourth-order valence-corrected chi connectivity index (χ4v) is 8.53. The van der Waals surface area contributed by atoms with Crippen LogP contribution in [0.15, 0.2) is 42.5 Å².